The van der Waals surface area contributed by atoms with Crippen molar-refractivity contribution in [2.24, 2.45) is 10.9 Å². The molecule has 2 heterocycles. The second-order valence-electron chi connectivity index (χ2n) is 9.04. The average Bonchev–Trinajstić information content (AvgIpc) is 3.07. The molecule has 0 fully saturated rings. The molecule has 0 bridgehead atoms. The molecule has 0 saturated carbocycles. The van der Waals surface area contributed by atoms with Crippen molar-refractivity contribution >= 4 is 17.1 Å². The van der Waals surface area contributed by atoms with Crippen molar-refractivity contribution in [3.8, 4) is 0 Å². The number of aliphatic hydroxyl groups is 2. The number of hydrogen-bond donors (Lipinski definition) is 3. The van der Waals surface area contributed by atoms with Crippen LogP contribution in [0.2, 0.25) is 0 Å². The van der Waals surface area contributed by atoms with Crippen LogP contribution in [0.5, 0.6) is 0 Å². The molecule has 2 aromatic carbocycles. The Morgan fingerprint density at radius 2 is 1.85 bits per heavy atom. The van der Waals surface area contributed by atoms with Gasteiger partial charge in [-0.2, -0.15) is 0 Å². The fourth-order valence-corrected chi connectivity index (χ4v) is 4.78. The average molecular weight is 458 g/mol. The molecule has 5 nitrogen and oxygen atoms in total. The normalized spacial score (nSPS) is 16.2. The Balaban J connectivity index is 1.60. The molecule has 34 heavy (non-hydrogen) atoms. The van der Waals surface area contributed by atoms with Crippen LogP contribution < -0.4 is 5.32 Å². The van der Waals surface area contributed by atoms with E-state index in [2.05, 4.69) is 77.3 Å². The molecular weight excluding hydrogens is 422 g/mol. The summed E-state index contributed by atoms with van der Waals surface area (Å²) in [5.41, 5.74) is 7.89. The maximum Gasteiger partial charge on any atom is 0.140 e. The smallest absolute Gasteiger partial charge is 0.140 e. The second kappa shape index (κ2) is 10.9. The van der Waals surface area contributed by atoms with Gasteiger partial charge in [0.05, 0.1) is 12.3 Å². The number of rotatable bonds is 9. The van der Waals surface area contributed by atoms with E-state index in [1.54, 1.807) is 13.1 Å². The first-order valence-electron chi connectivity index (χ1n) is 12.1. The van der Waals surface area contributed by atoms with Gasteiger partial charge in [-0.25, -0.2) is 0 Å². The standard InChI is InChI=1S/C29H35N3O2/c1-4-27-26(18-30-17-24-15-23(19-33)16-31-21(3)29(24)34)25-14-20(2)10-11-28(25)32(27)13-12-22-8-6-5-7-9-22/h5-11,14-16,23,30,33-34H,4,12-13,17-19H2,1-3H3. The largest absolute Gasteiger partial charge is 0.506 e. The van der Waals surface area contributed by atoms with Crippen molar-refractivity contribution in [2.75, 3.05) is 13.2 Å². The molecule has 0 saturated heterocycles. The number of nitrogens with one attached hydrogen (secondary N) is 1. The molecule has 0 spiro atoms. The zero-order valence-electron chi connectivity index (χ0n) is 20.4. The third-order valence-electron chi connectivity index (χ3n) is 6.59. The highest BCUT2D eigenvalue weighted by Crippen LogP contribution is 2.29. The van der Waals surface area contributed by atoms with Gasteiger partial charge in [-0.1, -0.05) is 55.0 Å². The maximum atomic E-state index is 10.6. The van der Waals surface area contributed by atoms with Crippen LogP contribution in [0.1, 0.15) is 36.2 Å². The Labute approximate surface area is 202 Å². The molecule has 178 valence electrons. The van der Waals surface area contributed by atoms with E-state index < -0.39 is 0 Å². The van der Waals surface area contributed by atoms with Crippen molar-refractivity contribution in [3.05, 3.63) is 94.0 Å². The monoisotopic (exact) mass is 457 g/mol. The summed E-state index contributed by atoms with van der Waals surface area (Å²) in [5, 5.41) is 25.0. The van der Waals surface area contributed by atoms with Crippen LogP contribution in [-0.2, 0) is 25.9 Å². The number of aliphatic hydroxyl groups excluding tert-OH is 2. The fraction of sp³-hybridized carbons (Fsp3) is 0.345. The molecule has 1 unspecified atom stereocenters. The first-order valence-corrected chi connectivity index (χ1v) is 12.1. The number of hydrogen-bond acceptors (Lipinski definition) is 4. The van der Waals surface area contributed by atoms with Crippen molar-refractivity contribution in [2.45, 2.75) is 46.7 Å². The Hall–Kier alpha value is -3.15. The van der Waals surface area contributed by atoms with E-state index in [0.717, 1.165) is 25.0 Å². The van der Waals surface area contributed by atoms with Crippen molar-refractivity contribution < 1.29 is 10.2 Å². The number of allylic oxidation sites excluding steroid dienone is 1. The lowest BCUT2D eigenvalue weighted by Crippen LogP contribution is -2.20. The van der Waals surface area contributed by atoms with Gasteiger partial charge in [0.25, 0.3) is 0 Å². The van der Waals surface area contributed by atoms with Crippen LogP contribution in [0.4, 0.5) is 0 Å². The van der Waals surface area contributed by atoms with Gasteiger partial charge in [-0.05, 0) is 49.9 Å². The van der Waals surface area contributed by atoms with Crippen LogP contribution in [0.15, 0.2) is 76.6 Å². The quantitative estimate of drug-likeness (QED) is 0.411. The van der Waals surface area contributed by atoms with E-state index in [1.807, 2.05) is 6.08 Å². The summed E-state index contributed by atoms with van der Waals surface area (Å²) in [6.07, 6.45) is 5.53. The van der Waals surface area contributed by atoms with Crippen LogP contribution in [0, 0.1) is 12.8 Å². The molecule has 0 amide bonds. The van der Waals surface area contributed by atoms with Crippen LogP contribution in [-0.4, -0.2) is 34.1 Å². The van der Waals surface area contributed by atoms with E-state index >= 15 is 0 Å². The number of fused-ring (bicyclic) bond motifs is 1. The van der Waals surface area contributed by atoms with E-state index in [4.69, 9.17) is 0 Å². The highest BCUT2D eigenvalue weighted by atomic mass is 16.3. The molecule has 5 heteroatoms. The minimum atomic E-state index is -0.190. The van der Waals surface area contributed by atoms with Gasteiger partial charge in [-0.3, -0.25) is 4.99 Å². The fourth-order valence-electron chi connectivity index (χ4n) is 4.78. The zero-order chi connectivity index (χ0) is 24.1. The lowest BCUT2D eigenvalue weighted by Gasteiger charge is -2.13. The first kappa shape index (κ1) is 24.0. The number of aromatic nitrogens is 1. The van der Waals surface area contributed by atoms with Gasteiger partial charge in [0.15, 0.2) is 0 Å². The lowest BCUT2D eigenvalue weighted by atomic mass is 10.1. The van der Waals surface area contributed by atoms with E-state index in [0.29, 0.717) is 18.8 Å². The molecule has 1 aliphatic rings. The van der Waals surface area contributed by atoms with E-state index in [-0.39, 0.29) is 18.3 Å². The summed E-state index contributed by atoms with van der Waals surface area (Å²) >= 11 is 0. The lowest BCUT2D eigenvalue weighted by molar-refractivity contribution is 0.282. The number of aryl methyl sites for hydroxylation is 3. The summed E-state index contributed by atoms with van der Waals surface area (Å²) in [7, 11) is 0. The molecule has 1 aliphatic heterocycles. The van der Waals surface area contributed by atoms with Crippen LogP contribution in [0.3, 0.4) is 0 Å². The van der Waals surface area contributed by atoms with Crippen molar-refractivity contribution in [1.82, 2.24) is 9.88 Å². The minimum absolute atomic E-state index is 0.0261. The van der Waals surface area contributed by atoms with E-state index in [1.165, 1.54) is 33.3 Å². The van der Waals surface area contributed by atoms with Crippen LogP contribution >= 0.6 is 0 Å². The molecule has 3 aromatic rings. The summed E-state index contributed by atoms with van der Waals surface area (Å²) in [5.74, 6) is 0.00158. The number of aliphatic imine (C=N–C) groups is 1. The molecule has 0 radical (unpaired) electrons. The highest BCUT2D eigenvalue weighted by molar-refractivity contribution is 5.86. The Kier molecular flexibility index (Phi) is 7.66. The van der Waals surface area contributed by atoms with Gasteiger partial charge in [-0.15, -0.1) is 0 Å². The summed E-state index contributed by atoms with van der Waals surface area (Å²) < 4.78 is 2.47. The first-order chi connectivity index (χ1) is 16.5. The van der Waals surface area contributed by atoms with Gasteiger partial charge in [0.1, 0.15) is 5.76 Å². The van der Waals surface area contributed by atoms with Gasteiger partial charge in [0, 0.05) is 53.9 Å². The zero-order valence-corrected chi connectivity index (χ0v) is 20.4. The SMILES string of the molecule is CCc1c(CNCC2=CC(CO)C=NC(C)=C2O)c2cc(C)ccc2n1CCc1ccccc1. The minimum Gasteiger partial charge on any atom is -0.506 e. The third-order valence-corrected chi connectivity index (χ3v) is 6.59. The predicted molar refractivity (Wildman–Crippen MR) is 140 cm³/mol. The van der Waals surface area contributed by atoms with Gasteiger partial charge >= 0.3 is 0 Å². The topological polar surface area (TPSA) is 69.8 Å². The van der Waals surface area contributed by atoms with Gasteiger partial charge < -0.3 is 20.1 Å². The molecule has 3 N–H and O–H groups in total. The Bertz CT molecular complexity index is 1240. The van der Waals surface area contributed by atoms with Crippen molar-refractivity contribution in [1.29, 1.82) is 0 Å². The third kappa shape index (κ3) is 5.16. The summed E-state index contributed by atoms with van der Waals surface area (Å²) in [6, 6.07) is 17.4. The van der Waals surface area contributed by atoms with Crippen molar-refractivity contribution in [3.63, 3.8) is 0 Å². The van der Waals surface area contributed by atoms with Crippen LogP contribution in [0.25, 0.3) is 10.9 Å². The molecule has 0 aliphatic carbocycles. The Morgan fingerprint density at radius 1 is 1.06 bits per heavy atom. The summed E-state index contributed by atoms with van der Waals surface area (Å²) in [6.45, 7) is 8.28. The molecular formula is C29H35N3O2. The Morgan fingerprint density at radius 3 is 2.59 bits per heavy atom. The number of benzene rings is 2. The predicted octanol–water partition coefficient (Wildman–Crippen LogP) is 5.25. The highest BCUT2D eigenvalue weighted by Gasteiger charge is 2.18. The molecule has 1 atom stereocenters. The van der Waals surface area contributed by atoms with Gasteiger partial charge in [0.2, 0.25) is 0 Å². The molecule has 4 rings (SSSR count). The number of nitrogens with zero attached hydrogens (tertiary/aromatic N) is 2. The van der Waals surface area contributed by atoms with E-state index in [9.17, 15) is 10.2 Å². The summed E-state index contributed by atoms with van der Waals surface area (Å²) in [4.78, 5) is 4.26. The molecule has 1 aromatic heterocycles. The maximum absolute atomic E-state index is 10.6. The second-order valence-corrected chi connectivity index (χ2v) is 9.04.